The molecular weight excluding hydrogens is 236 g/mol. The van der Waals surface area contributed by atoms with E-state index >= 15 is 0 Å². The van der Waals surface area contributed by atoms with Crippen LogP contribution in [0.4, 0.5) is 4.79 Å². The van der Waals surface area contributed by atoms with E-state index in [2.05, 4.69) is 10.6 Å². The van der Waals surface area contributed by atoms with Gasteiger partial charge in [-0.3, -0.25) is 4.79 Å². The molecule has 0 aromatic carbocycles. The molecule has 0 radical (unpaired) electrons. The summed E-state index contributed by atoms with van der Waals surface area (Å²) in [6.45, 7) is 1.88. The van der Waals surface area contributed by atoms with Crippen LogP contribution in [0.3, 0.4) is 0 Å². The van der Waals surface area contributed by atoms with E-state index in [9.17, 15) is 14.7 Å². The molecule has 3 unspecified atom stereocenters. The molecule has 104 valence electrons. The average molecular weight is 258 g/mol. The molecule has 1 aliphatic carbocycles. The molecule has 2 amide bonds. The van der Waals surface area contributed by atoms with E-state index in [1.807, 2.05) is 0 Å². The van der Waals surface area contributed by atoms with Gasteiger partial charge in [-0.1, -0.05) is 19.8 Å². The largest absolute Gasteiger partial charge is 0.481 e. The molecule has 18 heavy (non-hydrogen) atoms. The van der Waals surface area contributed by atoms with E-state index in [0.717, 1.165) is 19.3 Å². The predicted octanol–water partition coefficient (Wildman–Crippen LogP) is 0.700. The fourth-order valence-electron chi connectivity index (χ4n) is 2.12. The van der Waals surface area contributed by atoms with Crippen molar-refractivity contribution >= 4 is 12.0 Å². The third-order valence-corrected chi connectivity index (χ3v) is 3.40. The summed E-state index contributed by atoms with van der Waals surface area (Å²) < 4.78 is 0. The van der Waals surface area contributed by atoms with Gasteiger partial charge in [-0.2, -0.15) is 0 Å². The summed E-state index contributed by atoms with van der Waals surface area (Å²) in [6.07, 6.45) is 3.43. The predicted molar refractivity (Wildman–Crippen MR) is 66.2 cm³/mol. The van der Waals surface area contributed by atoms with Crippen LogP contribution >= 0.6 is 0 Å². The minimum Gasteiger partial charge on any atom is -0.481 e. The van der Waals surface area contributed by atoms with Gasteiger partial charge in [-0.05, 0) is 19.3 Å². The minimum absolute atomic E-state index is 0.112. The van der Waals surface area contributed by atoms with Gasteiger partial charge in [0.1, 0.15) is 0 Å². The topological polar surface area (TPSA) is 98.7 Å². The van der Waals surface area contributed by atoms with E-state index < -0.39 is 24.0 Å². The van der Waals surface area contributed by atoms with Gasteiger partial charge in [-0.25, -0.2) is 4.79 Å². The molecule has 0 heterocycles. The Morgan fingerprint density at radius 1 is 1.33 bits per heavy atom. The van der Waals surface area contributed by atoms with Crippen molar-refractivity contribution in [2.24, 2.45) is 5.92 Å². The van der Waals surface area contributed by atoms with Gasteiger partial charge < -0.3 is 20.8 Å². The van der Waals surface area contributed by atoms with E-state index in [-0.39, 0.29) is 12.6 Å². The van der Waals surface area contributed by atoms with Gasteiger partial charge in [0.25, 0.3) is 0 Å². The average Bonchev–Trinajstić information content (AvgIpc) is 2.32. The first-order chi connectivity index (χ1) is 8.54. The lowest BCUT2D eigenvalue weighted by molar-refractivity contribution is -0.141. The number of aliphatic hydroxyl groups is 1. The second-order valence-electron chi connectivity index (χ2n) is 4.76. The number of carbonyl (C=O) groups excluding carboxylic acids is 1. The highest BCUT2D eigenvalue weighted by Gasteiger charge is 2.24. The van der Waals surface area contributed by atoms with Crippen LogP contribution < -0.4 is 10.6 Å². The fourth-order valence-corrected chi connectivity index (χ4v) is 2.12. The molecule has 4 N–H and O–H groups in total. The Labute approximate surface area is 107 Å². The Kier molecular flexibility index (Phi) is 5.91. The van der Waals surface area contributed by atoms with Crippen LogP contribution in [0.1, 0.15) is 39.0 Å². The highest BCUT2D eigenvalue weighted by molar-refractivity contribution is 5.76. The number of urea groups is 1. The third kappa shape index (κ3) is 4.52. The molecule has 0 aliphatic heterocycles. The smallest absolute Gasteiger partial charge is 0.315 e. The maximum Gasteiger partial charge on any atom is 0.315 e. The number of carboxylic acid groups (broad SMARTS) is 1. The molecular formula is C12H22N2O4. The molecule has 1 fully saturated rings. The molecule has 0 spiro atoms. The van der Waals surface area contributed by atoms with Crippen molar-refractivity contribution in [1.29, 1.82) is 0 Å². The Morgan fingerprint density at radius 2 is 2.00 bits per heavy atom. The summed E-state index contributed by atoms with van der Waals surface area (Å²) in [5, 5.41) is 23.8. The molecule has 3 atom stereocenters. The molecule has 1 saturated carbocycles. The number of hydrogen-bond donors (Lipinski definition) is 4. The quantitative estimate of drug-likeness (QED) is 0.583. The highest BCUT2D eigenvalue weighted by atomic mass is 16.4. The van der Waals surface area contributed by atoms with Crippen molar-refractivity contribution in [3.05, 3.63) is 0 Å². The maximum atomic E-state index is 11.6. The standard InChI is InChI=1S/C12H22N2O4/c1-2-8(11(16)17)7-13-12(18)14-9-5-3-4-6-10(9)15/h8-10,15H,2-7H2,1H3,(H,16,17)(H2,13,14,18). The zero-order chi connectivity index (χ0) is 13.5. The lowest BCUT2D eigenvalue weighted by atomic mass is 9.93. The Hall–Kier alpha value is -1.30. The normalized spacial score (nSPS) is 25.2. The van der Waals surface area contributed by atoms with Crippen LogP contribution in [0.25, 0.3) is 0 Å². The van der Waals surface area contributed by atoms with Crippen molar-refractivity contribution in [2.75, 3.05) is 6.54 Å². The Bertz CT molecular complexity index is 296. The second kappa shape index (κ2) is 7.20. The van der Waals surface area contributed by atoms with Crippen molar-refractivity contribution in [3.63, 3.8) is 0 Å². The van der Waals surface area contributed by atoms with E-state index in [4.69, 9.17) is 5.11 Å². The first-order valence-electron chi connectivity index (χ1n) is 6.49. The first-order valence-corrected chi connectivity index (χ1v) is 6.49. The summed E-state index contributed by atoms with van der Waals surface area (Å²) in [4.78, 5) is 22.3. The van der Waals surface area contributed by atoms with Gasteiger partial charge in [0.2, 0.25) is 0 Å². The number of carboxylic acids is 1. The molecule has 0 aromatic rings. The summed E-state index contributed by atoms with van der Waals surface area (Å²) in [6, 6.07) is -0.621. The van der Waals surface area contributed by atoms with Crippen LogP contribution in [-0.2, 0) is 4.79 Å². The van der Waals surface area contributed by atoms with E-state index in [0.29, 0.717) is 12.8 Å². The van der Waals surface area contributed by atoms with Crippen LogP contribution in [0.2, 0.25) is 0 Å². The summed E-state index contributed by atoms with van der Waals surface area (Å²) >= 11 is 0. The molecule has 6 nitrogen and oxygen atoms in total. The Morgan fingerprint density at radius 3 is 2.56 bits per heavy atom. The number of carbonyl (C=O) groups is 2. The molecule has 0 bridgehead atoms. The van der Waals surface area contributed by atoms with Crippen molar-refractivity contribution in [2.45, 2.75) is 51.2 Å². The molecule has 0 aromatic heterocycles. The van der Waals surface area contributed by atoms with Crippen molar-refractivity contribution < 1.29 is 19.8 Å². The van der Waals surface area contributed by atoms with Crippen LogP contribution in [-0.4, -0.2) is 40.9 Å². The van der Waals surface area contributed by atoms with Crippen LogP contribution in [0, 0.1) is 5.92 Å². The number of aliphatic carboxylic acids is 1. The lowest BCUT2D eigenvalue weighted by Crippen LogP contribution is -2.50. The van der Waals surface area contributed by atoms with Gasteiger partial charge in [-0.15, -0.1) is 0 Å². The van der Waals surface area contributed by atoms with E-state index in [1.54, 1.807) is 6.92 Å². The van der Waals surface area contributed by atoms with Gasteiger partial charge in [0, 0.05) is 6.54 Å². The van der Waals surface area contributed by atoms with Crippen LogP contribution in [0.5, 0.6) is 0 Å². The minimum atomic E-state index is -0.907. The van der Waals surface area contributed by atoms with Crippen molar-refractivity contribution in [3.8, 4) is 0 Å². The summed E-state index contributed by atoms with van der Waals surface area (Å²) in [5.41, 5.74) is 0. The number of amides is 2. The van der Waals surface area contributed by atoms with Gasteiger partial charge >= 0.3 is 12.0 Å². The number of rotatable bonds is 5. The number of hydrogen-bond acceptors (Lipinski definition) is 3. The number of nitrogens with one attached hydrogen (secondary N) is 2. The number of aliphatic hydroxyl groups excluding tert-OH is 1. The third-order valence-electron chi connectivity index (χ3n) is 3.40. The molecule has 1 rings (SSSR count). The van der Waals surface area contributed by atoms with Gasteiger partial charge in [0.15, 0.2) is 0 Å². The molecule has 6 heteroatoms. The SMILES string of the molecule is CCC(CNC(=O)NC1CCCCC1O)C(=O)O. The lowest BCUT2D eigenvalue weighted by Gasteiger charge is -2.28. The fraction of sp³-hybridized carbons (Fsp3) is 0.833. The first kappa shape index (κ1) is 14.8. The van der Waals surface area contributed by atoms with Gasteiger partial charge in [0.05, 0.1) is 18.1 Å². The Balaban J connectivity index is 2.30. The van der Waals surface area contributed by atoms with E-state index in [1.165, 1.54) is 0 Å². The zero-order valence-corrected chi connectivity index (χ0v) is 10.7. The maximum absolute atomic E-state index is 11.6. The monoisotopic (exact) mass is 258 g/mol. The van der Waals surface area contributed by atoms with Crippen molar-refractivity contribution in [1.82, 2.24) is 10.6 Å². The second-order valence-corrected chi connectivity index (χ2v) is 4.76. The molecule has 1 aliphatic rings. The summed E-state index contributed by atoms with van der Waals surface area (Å²) in [5.74, 6) is -1.47. The zero-order valence-electron chi connectivity index (χ0n) is 10.7. The van der Waals surface area contributed by atoms with Crippen LogP contribution in [0.15, 0.2) is 0 Å². The molecule has 0 saturated heterocycles. The highest BCUT2D eigenvalue weighted by Crippen LogP contribution is 2.18. The summed E-state index contributed by atoms with van der Waals surface area (Å²) in [7, 11) is 0.